The summed E-state index contributed by atoms with van der Waals surface area (Å²) in [5, 5.41) is 10.1. The third kappa shape index (κ3) is 4.90. The molecule has 1 aromatic carbocycles. The normalized spacial score (nSPS) is 18.9. The number of rotatable bonds is 6. The standard InChI is InChI=1S/C23H29N5OS/c1-15-24-21(13-22(25-15)28(2)3)26-17-8-10-18(11-9-17)27-23(29)12-16-14-30-20-7-5-4-6-19(16)20/h4-7,13-14,17-18H,8-12H2,1-3H3,(H,27,29)(H,24,25,26). The van der Waals surface area contributed by atoms with Gasteiger partial charge in [0.05, 0.1) is 6.42 Å². The maximum Gasteiger partial charge on any atom is 0.224 e. The van der Waals surface area contributed by atoms with Gasteiger partial charge < -0.3 is 15.5 Å². The molecule has 1 aliphatic rings. The highest BCUT2D eigenvalue weighted by molar-refractivity contribution is 7.17. The van der Waals surface area contributed by atoms with Crippen molar-refractivity contribution in [3.05, 3.63) is 47.1 Å². The van der Waals surface area contributed by atoms with Gasteiger partial charge in [0.25, 0.3) is 0 Å². The van der Waals surface area contributed by atoms with Crippen LogP contribution in [0.2, 0.25) is 0 Å². The summed E-state index contributed by atoms with van der Waals surface area (Å²) in [4.78, 5) is 23.6. The number of aromatic nitrogens is 2. The first-order valence-corrected chi connectivity index (χ1v) is 11.4. The van der Waals surface area contributed by atoms with Gasteiger partial charge in [0.15, 0.2) is 0 Å². The summed E-state index contributed by atoms with van der Waals surface area (Å²) >= 11 is 1.71. The average molecular weight is 424 g/mol. The Balaban J connectivity index is 1.28. The molecule has 30 heavy (non-hydrogen) atoms. The third-order valence-electron chi connectivity index (χ3n) is 5.64. The second-order valence-corrected chi connectivity index (χ2v) is 9.16. The topological polar surface area (TPSA) is 70.2 Å². The fraction of sp³-hybridized carbons (Fsp3) is 0.435. The Morgan fingerprint density at radius 1 is 1.13 bits per heavy atom. The molecule has 0 aliphatic heterocycles. The number of aryl methyl sites for hydroxylation is 1. The Kier molecular flexibility index (Phi) is 6.18. The van der Waals surface area contributed by atoms with Crippen LogP contribution in [0.4, 0.5) is 11.6 Å². The Hall–Kier alpha value is -2.67. The smallest absolute Gasteiger partial charge is 0.224 e. The minimum absolute atomic E-state index is 0.122. The number of hydrogen-bond acceptors (Lipinski definition) is 6. The van der Waals surface area contributed by atoms with Crippen molar-refractivity contribution in [3.8, 4) is 0 Å². The number of anilines is 2. The van der Waals surface area contributed by atoms with Crippen LogP contribution in [0.15, 0.2) is 35.7 Å². The number of benzene rings is 1. The van der Waals surface area contributed by atoms with E-state index in [1.165, 1.54) is 10.1 Å². The molecule has 2 heterocycles. The van der Waals surface area contributed by atoms with E-state index in [4.69, 9.17) is 0 Å². The maximum absolute atomic E-state index is 12.6. The van der Waals surface area contributed by atoms with Crippen LogP contribution in [0.1, 0.15) is 37.1 Å². The van der Waals surface area contributed by atoms with Crippen LogP contribution >= 0.6 is 11.3 Å². The van der Waals surface area contributed by atoms with Crippen molar-refractivity contribution in [2.75, 3.05) is 24.3 Å². The Morgan fingerprint density at radius 3 is 2.63 bits per heavy atom. The number of carbonyl (C=O) groups is 1. The van der Waals surface area contributed by atoms with Crippen LogP contribution in [0.3, 0.4) is 0 Å². The van der Waals surface area contributed by atoms with Crippen molar-refractivity contribution in [1.29, 1.82) is 0 Å². The van der Waals surface area contributed by atoms with Gasteiger partial charge in [-0.05, 0) is 55.0 Å². The van der Waals surface area contributed by atoms with Crippen molar-refractivity contribution in [2.24, 2.45) is 0 Å². The first-order chi connectivity index (χ1) is 14.5. The first-order valence-electron chi connectivity index (χ1n) is 10.5. The molecule has 1 fully saturated rings. The van der Waals surface area contributed by atoms with Gasteiger partial charge in [-0.2, -0.15) is 0 Å². The molecule has 7 heteroatoms. The molecule has 6 nitrogen and oxygen atoms in total. The molecule has 1 amide bonds. The predicted octanol–water partition coefficient (Wildman–Crippen LogP) is 4.15. The van der Waals surface area contributed by atoms with Crippen LogP contribution in [-0.2, 0) is 11.2 Å². The number of hydrogen-bond donors (Lipinski definition) is 2. The largest absolute Gasteiger partial charge is 0.367 e. The Morgan fingerprint density at radius 2 is 1.87 bits per heavy atom. The van der Waals surface area contributed by atoms with E-state index in [9.17, 15) is 4.79 Å². The van der Waals surface area contributed by atoms with Crippen molar-refractivity contribution < 1.29 is 4.79 Å². The second kappa shape index (κ2) is 9.00. The maximum atomic E-state index is 12.6. The molecule has 3 aromatic rings. The quantitative estimate of drug-likeness (QED) is 0.623. The van der Waals surface area contributed by atoms with E-state index in [1.807, 2.05) is 44.1 Å². The fourth-order valence-electron chi connectivity index (χ4n) is 4.07. The monoisotopic (exact) mass is 423 g/mol. The number of fused-ring (bicyclic) bond motifs is 1. The van der Waals surface area contributed by atoms with E-state index in [2.05, 4.69) is 38.1 Å². The summed E-state index contributed by atoms with van der Waals surface area (Å²) in [6.07, 6.45) is 4.46. The average Bonchev–Trinajstić information content (AvgIpc) is 3.12. The third-order valence-corrected chi connectivity index (χ3v) is 6.65. The van der Waals surface area contributed by atoms with Crippen molar-refractivity contribution in [1.82, 2.24) is 15.3 Å². The van der Waals surface area contributed by atoms with Crippen LogP contribution in [-0.4, -0.2) is 42.1 Å². The zero-order valence-electron chi connectivity index (χ0n) is 17.8. The zero-order valence-corrected chi connectivity index (χ0v) is 18.6. The summed E-state index contributed by atoms with van der Waals surface area (Å²) in [7, 11) is 3.97. The molecule has 2 N–H and O–H groups in total. The molecule has 2 aromatic heterocycles. The van der Waals surface area contributed by atoms with Gasteiger partial charge in [0.2, 0.25) is 5.91 Å². The highest BCUT2D eigenvalue weighted by Crippen LogP contribution is 2.27. The van der Waals surface area contributed by atoms with E-state index in [0.29, 0.717) is 12.5 Å². The lowest BCUT2D eigenvalue weighted by molar-refractivity contribution is -0.121. The number of carbonyl (C=O) groups excluding carboxylic acids is 1. The lowest BCUT2D eigenvalue weighted by Crippen LogP contribution is -2.40. The van der Waals surface area contributed by atoms with Gasteiger partial charge >= 0.3 is 0 Å². The molecule has 0 atom stereocenters. The van der Waals surface area contributed by atoms with Gasteiger partial charge in [-0.25, -0.2) is 9.97 Å². The zero-order chi connectivity index (χ0) is 21.1. The Labute approximate surface area is 181 Å². The van der Waals surface area contributed by atoms with Crippen LogP contribution in [0.25, 0.3) is 10.1 Å². The molecule has 4 rings (SSSR count). The highest BCUT2D eigenvalue weighted by Gasteiger charge is 2.23. The molecular formula is C23H29N5OS. The van der Waals surface area contributed by atoms with Crippen molar-refractivity contribution in [2.45, 2.75) is 51.1 Å². The highest BCUT2D eigenvalue weighted by atomic mass is 32.1. The minimum atomic E-state index is 0.122. The van der Waals surface area contributed by atoms with Gasteiger partial charge in [0, 0.05) is 36.9 Å². The number of thiophene rings is 1. The van der Waals surface area contributed by atoms with Gasteiger partial charge in [-0.3, -0.25) is 4.79 Å². The molecule has 0 saturated heterocycles. The van der Waals surface area contributed by atoms with Gasteiger partial charge in [0.1, 0.15) is 17.5 Å². The molecule has 0 bridgehead atoms. The van der Waals surface area contributed by atoms with Crippen LogP contribution in [0.5, 0.6) is 0 Å². The summed E-state index contributed by atoms with van der Waals surface area (Å²) in [5.41, 5.74) is 1.12. The summed E-state index contributed by atoms with van der Waals surface area (Å²) in [5.74, 6) is 2.68. The van der Waals surface area contributed by atoms with E-state index in [1.54, 1.807) is 11.3 Å². The molecular weight excluding hydrogens is 394 g/mol. The van der Waals surface area contributed by atoms with E-state index >= 15 is 0 Å². The molecule has 1 saturated carbocycles. The first kappa shape index (κ1) is 20.6. The lowest BCUT2D eigenvalue weighted by Gasteiger charge is -2.30. The van der Waals surface area contributed by atoms with Crippen molar-refractivity contribution >= 4 is 39.0 Å². The number of nitrogens with zero attached hydrogens (tertiary/aromatic N) is 3. The fourth-order valence-corrected chi connectivity index (χ4v) is 5.03. The Bertz CT molecular complexity index is 1020. The SMILES string of the molecule is Cc1nc(NC2CCC(NC(=O)Cc3csc4ccccc34)CC2)cc(N(C)C)n1. The van der Waals surface area contributed by atoms with E-state index in [-0.39, 0.29) is 11.9 Å². The minimum Gasteiger partial charge on any atom is -0.367 e. The molecule has 0 unspecified atom stereocenters. The lowest BCUT2D eigenvalue weighted by atomic mass is 9.91. The molecule has 1 aliphatic carbocycles. The van der Waals surface area contributed by atoms with Crippen LogP contribution in [0, 0.1) is 6.92 Å². The van der Waals surface area contributed by atoms with E-state index < -0.39 is 0 Å². The molecule has 0 spiro atoms. The molecule has 158 valence electrons. The summed E-state index contributed by atoms with van der Waals surface area (Å²) in [6, 6.07) is 10.9. The van der Waals surface area contributed by atoms with Gasteiger partial charge in [-0.15, -0.1) is 11.3 Å². The second-order valence-electron chi connectivity index (χ2n) is 8.25. The summed E-state index contributed by atoms with van der Waals surface area (Å²) in [6.45, 7) is 1.92. The number of amides is 1. The van der Waals surface area contributed by atoms with Gasteiger partial charge in [-0.1, -0.05) is 18.2 Å². The van der Waals surface area contributed by atoms with Crippen molar-refractivity contribution in [3.63, 3.8) is 0 Å². The summed E-state index contributed by atoms with van der Waals surface area (Å²) < 4.78 is 1.24. The van der Waals surface area contributed by atoms with Crippen LogP contribution < -0.4 is 15.5 Å². The van der Waals surface area contributed by atoms with E-state index in [0.717, 1.165) is 48.7 Å². The molecule has 0 radical (unpaired) electrons. The predicted molar refractivity (Wildman–Crippen MR) is 124 cm³/mol. The number of nitrogens with one attached hydrogen (secondary N) is 2.